The van der Waals surface area contributed by atoms with Gasteiger partial charge in [-0.2, -0.15) is 13.2 Å². The number of pyridine rings is 1. The van der Waals surface area contributed by atoms with Crippen LogP contribution in [0.5, 0.6) is 0 Å². The SMILES string of the molecule is O=C(Nc1ccc([C@H]2CNCCO2)nc1)c1ccc(C(F)(F)F)cc1. The van der Waals surface area contributed by atoms with Gasteiger partial charge in [0.2, 0.25) is 0 Å². The molecular formula is C17H16F3N3O2. The molecule has 1 atom stereocenters. The minimum absolute atomic E-state index is 0.131. The molecule has 2 N–H and O–H groups in total. The molecule has 0 radical (unpaired) electrons. The number of carbonyl (C=O) groups excluding carboxylic acids is 1. The number of carbonyl (C=O) groups is 1. The number of amides is 1. The van der Waals surface area contributed by atoms with Crippen LogP contribution in [-0.4, -0.2) is 30.6 Å². The number of anilines is 1. The highest BCUT2D eigenvalue weighted by atomic mass is 19.4. The number of nitrogens with zero attached hydrogens (tertiary/aromatic N) is 1. The van der Waals surface area contributed by atoms with Gasteiger partial charge in [0.15, 0.2) is 0 Å². The number of morpholine rings is 1. The normalized spacial score (nSPS) is 18.0. The quantitative estimate of drug-likeness (QED) is 0.892. The van der Waals surface area contributed by atoms with Gasteiger partial charge in [-0.15, -0.1) is 0 Å². The summed E-state index contributed by atoms with van der Waals surface area (Å²) in [5.41, 5.74) is 0.546. The van der Waals surface area contributed by atoms with Crippen molar-refractivity contribution in [3.8, 4) is 0 Å². The third-order valence-electron chi connectivity index (χ3n) is 3.78. The van der Waals surface area contributed by atoms with E-state index >= 15 is 0 Å². The van der Waals surface area contributed by atoms with E-state index < -0.39 is 17.6 Å². The fourth-order valence-electron chi connectivity index (χ4n) is 2.44. The zero-order valence-corrected chi connectivity index (χ0v) is 13.1. The lowest BCUT2D eigenvalue weighted by atomic mass is 10.1. The van der Waals surface area contributed by atoms with Gasteiger partial charge in [-0.25, -0.2) is 0 Å². The van der Waals surface area contributed by atoms with Crippen molar-refractivity contribution in [2.24, 2.45) is 0 Å². The Labute approximate surface area is 142 Å². The van der Waals surface area contributed by atoms with Crippen molar-refractivity contribution in [2.75, 3.05) is 25.0 Å². The van der Waals surface area contributed by atoms with Crippen molar-refractivity contribution in [3.05, 3.63) is 59.4 Å². The van der Waals surface area contributed by atoms with Crippen LogP contribution in [0.4, 0.5) is 18.9 Å². The maximum absolute atomic E-state index is 12.5. The lowest BCUT2D eigenvalue weighted by Gasteiger charge is -2.23. The molecule has 0 spiro atoms. The molecule has 1 aliphatic heterocycles. The lowest BCUT2D eigenvalue weighted by molar-refractivity contribution is -0.137. The number of halogens is 3. The Hall–Kier alpha value is -2.45. The molecule has 1 amide bonds. The van der Waals surface area contributed by atoms with Crippen molar-refractivity contribution in [1.82, 2.24) is 10.3 Å². The molecule has 1 aromatic carbocycles. The fourth-order valence-corrected chi connectivity index (χ4v) is 2.44. The van der Waals surface area contributed by atoms with E-state index in [4.69, 9.17) is 4.74 Å². The Kier molecular flexibility index (Phi) is 5.00. The molecule has 1 fully saturated rings. The Balaban J connectivity index is 1.64. The average Bonchev–Trinajstić information content (AvgIpc) is 2.62. The van der Waals surface area contributed by atoms with Crippen molar-refractivity contribution in [2.45, 2.75) is 12.3 Å². The Morgan fingerprint density at radius 2 is 1.96 bits per heavy atom. The molecule has 1 saturated heterocycles. The second-order valence-electron chi connectivity index (χ2n) is 5.56. The van der Waals surface area contributed by atoms with Crippen LogP contribution in [-0.2, 0) is 10.9 Å². The molecule has 2 aromatic rings. The second kappa shape index (κ2) is 7.20. The zero-order chi connectivity index (χ0) is 17.9. The average molecular weight is 351 g/mol. The van der Waals surface area contributed by atoms with E-state index in [9.17, 15) is 18.0 Å². The molecular weight excluding hydrogens is 335 g/mol. The molecule has 25 heavy (non-hydrogen) atoms. The van der Waals surface area contributed by atoms with Crippen molar-refractivity contribution in [1.29, 1.82) is 0 Å². The molecule has 0 aliphatic carbocycles. The largest absolute Gasteiger partial charge is 0.416 e. The molecule has 1 aliphatic rings. The molecule has 5 nitrogen and oxygen atoms in total. The molecule has 8 heteroatoms. The Bertz CT molecular complexity index is 724. The highest BCUT2D eigenvalue weighted by Crippen LogP contribution is 2.29. The van der Waals surface area contributed by atoms with Crippen LogP contribution in [0.2, 0.25) is 0 Å². The van der Waals surface area contributed by atoms with E-state index in [2.05, 4.69) is 15.6 Å². The minimum Gasteiger partial charge on any atom is -0.369 e. The molecule has 132 valence electrons. The van der Waals surface area contributed by atoms with Gasteiger partial charge in [0.1, 0.15) is 6.10 Å². The van der Waals surface area contributed by atoms with E-state index in [1.807, 2.05) is 0 Å². The number of hydrogen-bond donors (Lipinski definition) is 2. The lowest BCUT2D eigenvalue weighted by Crippen LogP contribution is -2.33. The van der Waals surface area contributed by atoms with Gasteiger partial charge < -0.3 is 15.4 Å². The predicted octanol–water partition coefficient (Wildman–Crippen LogP) is 3.01. The summed E-state index contributed by atoms with van der Waals surface area (Å²) in [5, 5.41) is 5.81. The Morgan fingerprint density at radius 3 is 2.52 bits per heavy atom. The van der Waals surface area contributed by atoms with Crippen LogP contribution in [0.25, 0.3) is 0 Å². The number of benzene rings is 1. The number of alkyl halides is 3. The highest BCUT2D eigenvalue weighted by Gasteiger charge is 2.30. The van der Waals surface area contributed by atoms with Gasteiger partial charge in [-0.3, -0.25) is 9.78 Å². The standard InChI is InChI=1S/C17H16F3N3O2/c18-17(19,20)12-3-1-11(2-4-12)16(24)23-13-5-6-14(22-9-13)15-10-21-7-8-25-15/h1-6,9,15,21H,7-8,10H2,(H,23,24)/t15-/m1/s1. The number of hydrogen-bond acceptors (Lipinski definition) is 4. The summed E-state index contributed by atoms with van der Waals surface area (Å²) in [4.78, 5) is 16.4. The van der Waals surface area contributed by atoms with E-state index in [0.29, 0.717) is 18.8 Å². The predicted molar refractivity (Wildman–Crippen MR) is 85.2 cm³/mol. The van der Waals surface area contributed by atoms with Gasteiger partial charge in [-0.05, 0) is 36.4 Å². The van der Waals surface area contributed by atoms with Crippen molar-refractivity contribution < 1.29 is 22.7 Å². The Morgan fingerprint density at radius 1 is 1.20 bits per heavy atom. The first-order chi connectivity index (χ1) is 11.9. The number of rotatable bonds is 3. The number of ether oxygens (including phenoxy) is 1. The van der Waals surface area contributed by atoms with Crippen molar-refractivity contribution in [3.63, 3.8) is 0 Å². The maximum Gasteiger partial charge on any atom is 0.416 e. The summed E-state index contributed by atoms with van der Waals surface area (Å²) in [6, 6.07) is 7.47. The molecule has 0 bridgehead atoms. The van der Waals surface area contributed by atoms with E-state index in [1.54, 1.807) is 12.1 Å². The van der Waals surface area contributed by atoms with Gasteiger partial charge in [0.05, 0.1) is 29.7 Å². The van der Waals surface area contributed by atoms with Gasteiger partial charge in [0.25, 0.3) is 5.91 Å². The molecule has 3 rings (SSSR count). The van der Waals surface area contributed by atoms with E-state index in [1.165, 1.54) is 6.20 Å². The summed E-state index contributed by atoms with van der Waals surface area (Å²) >= 11 is 0. The minimum atomic E-state index is -4.43. The van der Waals surface area contributed by atoms with Gasteiger partial charge >= 0.3 is 6.18 Å². The van der Waals surface area contributed by atoms with Gasteiger partial charge in [0, 0.05) is 18.7 Å². The summed E-state index contributed by atoms with van der Waals surface area (Å²) in [5.74, 6) is -0.501. The third kappa shape index (κ3) is 4.34. The first-order valence-electron chi connectivity index (χ1n) is 7.70. The fraction of sp³-hybridized carbons (Fsp3) is 0.294. The van der Waals surface area contributed by atoms with Crippen LogP contribution >= 0.6 is 0 Å². The van der Waals surface area contributed by atoms with Crippen LogP contribution in [0.1, 0.15) is 27.7 Å². The van der Waals surface area contributed by atoms with Crippen molar-refractivity contribution >= 4 is 11.6 Å². The maximum atomic E-state index is 12.5. The summed E-state index contributed by atoms with van der Waals surface area (Å²) in [7, 11) is 0. The first kappa shape index (κ1) is 17.4. The summed E-state index contributed by atoms with van der Waals surface area (Å²) in [6.07, 6.45) is -3.06. The second-order valence-corrected chi connectivity index (χ2v) is 5.56. The topological polar surface area (TPSA) is 63.2 Å². The molecule has 0 saturated carbocycles. The van der Waals surface area contributed by atoms with Crippen LogP contribution < -0.4 is 10.6 Å². The molecule has 1 aromatic heterocycles. The first-order valence-corrected chi connectivity index (χ1v) is 7.70. The van der Waals surface area contributed by atoms with E-state index in [0.717, 1.165) is 36.5 Å². The number of aromatic nitrogens is 1. The molecule has 0 unspecified atom stereocenters. The van der Waals surface area contributed by atoms with Crippen LogP contribution in [0, 0.1) is 0 Å². The van der Waals surface area contributed by atoms with Crippen LogP contribution in [0.3, 0.4) is 0 Å². The van der Waals surface area contributed by atoms with Gasteiger partial charge in [-0.1, -0.05) is 0 Å². The smallest absolute Gasteiger partial charge is 0.369 e. The third-order valence-corrected chi connectivity index (χ3v) is 3.78. The van der Waals surface area contributed by atoms with E-state index in [-0.39, 0.29) is 11.7 Å². The molecule has 2 heterocycles. The highest BCUT2D eigenvalue weighted by molar-refractivity contribution is 6.04. The zero-order valence-electron chi connectivity index (χ0n) is 13.1. The monoisotopic (exact) mass is 351 g/mol. The number of nitrogens with one attached hydrogen (secondary N) is 2. The van der Waals surface area contributed by atoms with Crippen LogP contribution in [0.15, 0.2) is 42.6 Å². The summed E-state index contributed by atoms with van der Waals surface area (Å²) in [6.45, 7) is 2.08. The summed E-state index contributed by atoms with van der Waals surface area (Å²) < 4.78 is 43.2.